The first-order valence-electron chi connectivity index (χ1n) is 8.19. The Bertz CT molecular complexity index is 974. The Morgan fingerprint density at radius 1 is 1.11 bits per heavy atom. The van der Waals surface area contributed by atoms with Crippen LogP contribution in [0.4, 0.5) is 11.4 Å². The Labute approximate surface area is 167 Å². The van der Waals surface area contributed by atoms with E-state index in [0.717, 1.165) is 0 Å². The topological polar surface area (TPSA) is 130 Å². The van der Waals surface area contributed by atoms with Crippen LogP contribution in [0.1, 0.15) is 23.7 Å². The van der Waals surface area contributed by atoms with Crippen molar-refractivity contribution in [2.45, 2.75) is 18.2 Å². The fraction of sp³-hybridized carbons (Fsp3) is 0.176. The summed E-state index contributed by atoms with van der Waals surface area (Å²) in [4.78, 5) is 22.3. The summed E-state index contributed by atoms with van der Waals surface area (Å²) < 4.78 is 26.5. The van der Waals surface area contributed by atoms with Crippen LogP contribution in [-0.4, -0.2) is 30.9 Å². The van der Waals surface area contributed by atoms with Gasteiger partial charge in [-0.15, -0.1) is 0 Å². The lowest BCUT2D eigenvalue weighted by molar-refractivity contribution is -0.384. The highest BCUT2D eigenvalue weighted by molar-refractivity contribution is 7.89. The van der Waals surface area contributed by atoms with Gasteiger partial charge in [-0.3, -0.25) is 20.2 Å². The van der Waals surface area contributed by atoms with Crippen LogP contribution in [0.5, 0.6) is 0 Å². The van der Waals surface area contributed by atoms with Gasteiger partial charge in [-0.2, -0.15) is 0 Å². The second-order valence-corrected chi connectivity index (χ2v) is 7.81. The molecule has 11 heteroatoms. The number of nitro benzene ring substituents is 1. The van der Waals surface area contributed by atoms with Gasteiger partial charge >= 0.3 is 0 Å². The van der Waals surface area contributed by atoms with Crippen molar-refractivity contribution in [3.8, 4) is 0 Å². The van der Waals surface area contributed by atoms with Crippen molar-refractivity contribution in [1.29, 1.82) is 0 Å². The minimum absolute atomic E-state index is 0.00284. The van der Waals surface area contributed by atoms with E-state index in [1.807, 2.05) is 6.92 Å². The zero-order chi connectivity index (χ0) is 20.7. The Morgan fingerprint density at radius 2 is 1.71 bits per heavy atom. The molecule has 2 rings (SSSR count). The number of hydrogen-bond donors (Lipinski definition) is 3. The number of carbonyl (C=O) groups is 1. The smallest absolute Gasteiger partial charge is 0.269 e. The van der Waals surface area contributed by atoms with Gasteiger partial charge in [0.2, 0.25) is 10.0 Å². The van der Waals surface area contributed by atoms with Crippen molar-refractivity contribution in [2.24, 2.45) is 0 Å². The van der Waals surface area contributed by atoms with E-state index in [0.29, 0.717) is 18.7 Å². The van der Waals surface area contributed by atoms with Crippen LogP contribution in [0.15, 0.2) is 53.4 Å². The molecule has 2 aromatic carbocycles. The van der Waals surface area contributed by atoms with Crippen LogP contribution in [0.25, 0.3) is 0 Å². The quantitative estimate of drug-likeness (QED) is 0.355. The molecular formula is C17H18N4O5S2. The van der Waals surface area contributed by atoms with Crippen molar-refractivity contribution in [3.63, 3.8) is 0 Å². The Hall–Kier alpha value is -2.89. The summed E-state index contributed by atoms with van der Waals surface area (Å²) in [6.45, 7) is 2.21. The zero-order valence-electron chi connectivity index (χ0n) is 14.8. The van der Waals surface area contributed by atoms with E-state index >= 15 is 0 Å². The average Bonchev–Trinajstić information content (AvgIpc) is 2.66. The van der Waals surface area contributed by atoms with Gasteiger partial charge in [-0.25, -0.2) is 13.1 Å². The molecule has 0 saturated carbocycles. The predicted octanol–water partition coefficient (Wildman–Crippen LogP) is 2.41. The minimum atomic E-state index is -3.56. The summed E-state index contributed by atoms with van der Waals surface area (Å²) >= 11 is 5.06. The molecule has 1 amide bonds. The van der Waals surface area contributed by atoms with Crippen LogP contribution in [-0.2, 0) is 10.0 Å². The van der Waals surface area contributed by atoms with Crippen LogP contribution in [0.2, 0.25) is 0 Å². The van der Waals surface area contributed by atoms with Gasteiger partial charge < -0.3 is 5.32 Å². The summed E-state index contributed by atoms with van der Waals surface area (Å²) in [5.41, 5.74) is 0.572. The maximum atomic E-state index is 12.1. The number of sulfonamides is 1. The van der Waals surface area contributed by atoms with Gasteiger partial charge in [0, 0.05) is 29.9 Å². The first-order valence-corrected chi connectivity index (χ1v) is 10.1. The standard InChI is InChI=1S/C17H18N4O5S2/c1-2-11-18-28(25,26)15-9-5-13(6-10-15)19-17(27)20-16(22)12-3-7-14(8-4-12)21(23)24/h3-10,18H,2,11H2,1H3,(H2,19,20,22,27). The number of hydrogen-bond acceptors (Lipinski definition) is 6. The van der Waals surface area contributed by atoms with E-state index < -0.39 is 20.9 Å². The summed E-state index contributed by atoms with van der Waals surface area (Å²) in [5.74, 6) is -0.532. The monoisotopic (exact) mass is 422 g/mol. The van der Waals surface area contributed by atoms with Crippen molar-refractivity contribution >= 4 is 44.6 Å². The van der Waals surface area contributed by atoms with Gasteiger partial charge in [-0.1, -0.05) is 6.92 Å². The van der Waals surface area contributed by atoms with Crippen molar-refractivity contribution < 1.29 is 18.1 Å². The number of nitrogens with one attached hydrogen (secondary N) is 3. The molecular weight excluding hydrogens is 404 g/mol. The summed E-state index contributed by atoms with van der Waals surface area (Å²) in [7, 11) is -3.56. The molecule has 0 atom stereocenters. The van der Waals surface area contributed by atoms with E-state index in [-0.39, 0.29) is 21.3 Å². The third-order valence-corrected chi connectivity index (χ3v) is 5.21. The second kappa shape index (κ2) is 9.35. The van der Waals surface area contributed by atoms with Gasteiger partial charge in [0.1, 0.15) is 0 Å². The number of benzene rings is 2. The SMILES string of the molecule is CCCNS(=O)(=O)c1ccc(NC(=S)NC(=O)c2ccc([N+](=O)[O-])cc2)cc1. The van der Waals surface area contributed by atoms with E-state index in [4.69, 9.17) is 12.2 Å². The molecule has 0 aliphatic carbocycles. The molecule has 0 radical (unpaired) electrons. The highest BCUT2D eigenvalue weighted by Crippen LogP contribution is 2.14. The predicted molar refractivity (Wildman–Crippen MR) is 109 cm³/mol. The minimum Gasteiger partial charge on any atom is -0.332 e. The van der Waals surface area contributed by atoms with E-state index in [1.165, 1.54) is 48.5 Å². The fourth-order valence-corrected chi connectivity index (χ4v) is 3.45. The number of anilines is 1. The molecule has 9 nitrogen and oxygen atoms in total. The first kappa shape index (κ1) is 21.4. The molecule has 0 aliphatic rings. The van der Waals surface area contributed by atoms with Crippen molar-refractivity contribution in [2.75, 3.05) is 11.9 Å². The number of amides is 1. The zero-order valence-corrected chi connectivity index (χ0v) is 16.5. The summed E-state index contributed by atoms with van der Waals surface area (Å²) in [6.07, 6.45) is 0.682. The number of nitro groups is 1. The highest BCUT2D eigenvalue weighted by atomic mass is 32.2. The molecule has 3 N–H and O–H groups in total. The molecule has 148 valence electrons. The number of non-ortho nitro benzene ring substituents is 1. The second-order valence-electron chi connectivity index (χ2n) is 5.63. The largest absolute Gasteiger partial charge is 0.332 e. The molecule has 2 aromatic rings. The lowest BCUT2D eigenvalue weighted by atomic mass is 10.2. The van der Waals surface area contributed by atoms with Crippen LogP contribution < -0.4 is 15.4 Å². The lowest BCUT2D eigenvalue weighted by Crippen LogP contribution is -2.34. The normalized spacial score (nSPS) is 10.9. The van der Waals surface area contributed by atoms with E-state index in [9.17, 15) is 23.3 Å². The summed E-state index contributed by atoms with van der Waals surface area (Å²) in [6, 6.07) is 10.9. The number of rotatable bonds is 7. The highest BCUT2D eigenvalue weighted by Gasteiger charge is 2.14. The summed E-state index contributed by atoms with van der Waals surface area (Å²) in [5, 5.41) is 15.9. The third-order valence-electron chi connectivity index (χ3n) is 3.53. The molecule has 0 saturated heterocycles. The number of thiocarbonyl (C=S) groups is 1. The van der Waals surface area contributed by atoms with E-state index in [1.54, 1.807) is 0 Å². The fourth-order valence-electron chi connectivity index (χ4n) is 2.11. The molecule has 0 aromatic heterocycles. The van der Waals surface area contributed by atoms with Gasteiger partial charge in [0.25, 0.3) is 11.6 Å². The van der Waals surface area contributed by atoms with Crippen LogP contribution in [0, 0.1) is 10.1 Å². The number of carbonyl (C=O) groups excluding carboxylic acids is 1. The maximum absolute atomic E-state index is 12.1. The van der Waals surface area contributed by atoms with Crippen molar-refractivity contribution in [3.05, 3.63) is 64.2 Å². The third kappa shape index (κ3) is 5.81. The molecule has 0 bridgehead atoms. The van der Waals surface area contributed by atoms with Crippen molar-refractivity contribution in [1.82, 2.24) is 10.0 Å². The molecule has 0 heterocycles. The molecule has 0 spiro atoms. The van der Waals surface area contributed by atoms with E-state index in [2.05, 4.69) is 15.4 Å². The van der Waals surface area contributed by atoms with Crippen LogP contribution in [0.3, 0.4) is 0 Å². The maximum Gasteiger partial charge on any atom is 0.269 e. The first-order chi connectivity index (χ1) is 13.2. The van der Waals surface area contributed by atoms with Gasteiger partial charge in [0.05, 0.1) is 9.82 Å². The molecule has 0 fully saturated rings. The number of nitrogens with zero attached hydrogens (tertiary/aromatic N) is 1. The van der Waals surface area contributed by atoms with Crippen LogP contribution >= 0.6 is 12.2 Å². The molecule has 28 heavy (non-hydrogen) atoms. The van der Waals surface area contributed by atoms with Gasteiger partial charge in [-0.05, 0) is 55.0 Å². The Balaban J connectivity index is 1.97. The molecule has 0 unspecified atom stereocenters. The molecule has 0 aliphatic heterocycles. The average molecular weight is 422 g/mol. The lowest BCUT2D eigenvalue weighted by Gasteiger charge is -2.11. The Morgan fingerprint density at radius 3 is 2.25 bits per heavy atom. The Kier molecular flexibility index (Phi) is 7.15. The van der Waals surface area contributed by atoms with Gasteiger partial charge in [0.15, 0.2) is 5.11 Å².